The Bertz CT molecular complexity index is 286. The molecule has 2 nitrogen and oxygen atoms in total. The molecule has 0 spiro atoms. The minimum absolute atomic E-state index is 0.129. The van der Waals surface area contributed by atoms with E-state index >= 15 is 0 Å². The van der Waals surface area contributed by atoms with Gasteiger partial charge in [-0.05, 0) is 6.07 Å². The van der Waals surface area contributed by atoms with Crippen molar-refractivity contribution >= 4 is 22.2 Å². The standard InChI is InChI=1S/C10H11BrO2/c1-13-10-5-3-2-4-9(10)8(6-11)7-12/h2-5,7-8H,6H2,1H3. The maximum atomic E-state index is 10.7. The molecule has 0 saturated carbocycles. The summed E-state index contributed by atoms with van der Waals surface area (Å²) in [5.41, 5.74) is 0.928. The number of halogens is 1. The zero-order valence-corrected chi connectivity index (χ0v) is 8.95. The van der Waals surface area contributed by atoms with Gasteiger partial charge in [-0.2, -0.15) is 0 Å². The number of aldehydes is 1. The molecule has 0 aliphatic rings. The zero-order valence-electron chi connectivity index (χ0n) is 7.37. The number of hydrogen-bond acceptors (Lipinski definition) is 2. The molecule has 0 radical (unpaired) electrons. The molecule has 0 aliphatic carbocycles. The van der Waals surface area contributed by atoms with Crippen LogP contribution >= 0.6 is 15.9 Å². The number of ether oxygens (including phenoxy) is 1. The molecule has 0 fully saturated rings. The van der Waals surface area contributed by atoms with E-state index in [-0.39, 0.29) is 5.92 Å². The van der Waals surface area contributed by atoms with E-state index in [2.05, 4.69) is 15.9 Å². The molecule has 0 amide bonds. The van der Waals surface area contributed by atoms with Crippen molar-refractivity contribution in [1.82, 2.24) is 0 Å². The van der Waals surface area contributed by atoms with Crippen LogP contribution in [0.3, 0.4) is 0 Å². The van der Waals surface area contributed by atoms with Gasteiger partial charge >= 0.3 is 0 Å². The largest absolute Gasteiger partial charge is 0.496 e. The van der Waals surface area contributed by atoms with Gasteiger partial charge in [0.25, 0.3) is 0 Å². The maximum absolute atomic E-state index is 10.7. The van der Waals surface area contributed by atoms with Gasteiger partial charge in [0.15, 0.2) is 0 Å². The third kappa shape index (κ3) is 2.31. The van der Waals surface area contributed by atoms with Gasteiger partial charge in [-0.25, -0.2) is 0 Å². The quantitative estimate of drug-likeness (QED) is 0.599. The summed E-state index contributed by atoms with van der Waals surface area (Å²) in [5.74, 6) is 0.634. The second-order valence-electron chi connectivity index (χ2n) is 2.64. The van der Waals surface area contributed by atoms with Gasteiger partial charge in [0, 0.05) is 10.9 Å². The second-order valence-corrected chi connectivity index (χ2v) is 3.29. The molecule has 1 atom stereocenters. The molecule has 1 aromatic carbocycles. The third-order valence-electron chi connectivity index (χ3n) is 1.87. The van der Waals surface area contributed by atoms with Crippen molar-refractivity contribution in [2.75, 3.05) is 12.4 Å². The van der Waals surface area contributed by atoms with Crippen molar-refractivity contribution in [1.29, 1.82) is 0 Å². The predicted octanol–water partition coefficient (Wildman–Crippen LogP) is 2.37. The van der Waals surface area contributed by atoms with E-state index in [1.807, 2.05) is 24.3 Å². The summed E-state index contributed by atoms with van der Waals surface area (Å²) in [6.45, 7) is 0. The van der Waals surface area contributed by atoms with Crippen LogP contribution in [0.4, 0.5) is 0 Å². The SMILES string of the molecule is COc1ccccc1C(C=O)CBr. The minimum Gasteiger partial charge on any atom is -0.496 e. The highest BCUT2D eigenvalue weighted by molar-refractivity contribution is 9.09. The van der Waals surface area contributed by atoms with Gasteiger partial charge in [0.05, 0.1) is 13.0 Å². The number of benzene rings is 1. The molecule has 0 heterocycles. The summed E-state index contributed by atoms with van der Waals surface area (Å²) in [6, 6.07) is 7.54. The number of carbonyl (C=O) groups excluding carboxylic acids is 1. The summed E-state index contributed by atoms with van der Waals surface area (Å²) < 4.78 is 5.15. The Labute approximate surface area is 86.0 Å². The summed E-state index contributed by atoms with van der Waals surface area (Å²) >= 11 is 3.29. The van der Waals surface area contributed by atoms with E-state index in [0.29, 0.717) is 5.33 Å². The van der Waals surface area contributed by atoms with Crippen LogP contribution < -0.4 is 4.74 Å². The Morgan fingerprint density at radius 2 is 2.23 bits per heavy atom. The fourth-order valence-electron chi connectivity index (χ4n) is 1.17. The van der Waals surface area contributed by atoms with Crippen LogP contribution in [0.5, 0.6) is 5.75 Å². The van der Waals surface area contributed by atoms with E-state index in [1.54, 1.807) is 7.11 Å². The topological polar surface area (TPSA) is 26.3 Å². The summed E-state index contributed by atoms with van der Waals surface area (Å²) in [6.07, 6.45) is 0.923. The molecule has 70 valence electrons. The Balaban J connectivity index is 3.03. The fraction of sp³-hybridized carbons (Fsp3) is 0.300. The highest BCUT2D eigenvalue weighted by Crippen LogP contribution is 2.26. The van der Waals surface area contributed by atoms with Crippen molar-refractivity contribution < 1.29 is 9.53 Å². The van der Waals surface area contributed by atoms with Crippen LogP contribution in [0.25, 0.3) is 0 Å². The molecule has 0 aromatic heterocycles. The van der Waals surface area contributed by atoms with E-state index in [1.165, 1.54) is 0 Å². The number of hydrogen-bond donors (Lipinski definition) is 0. The smallest absolute Gasteiger partial charge is 0.128 e. The summed E-state index contributed by atoms with van der Waals surface area (Å²) in [4.78, 5) is 10.7. The van der Waals surface area contributed by atoms with Crippen molar-refractivity contribution in [2.45, 2.75) is 5.92 Å². The van der Waals surface area contributed by atoms with Gasteiger partial charge < -0.3 is 9.53 Å². The fourth-order valence-corrected chi connectivity index (χ4v) is 1.67. The average Bonchev–Trinajstić information content (AvgIpc) is 2.20. The second kappa shape index (κ2) is 5.02. The lowest BCUT2D eigenvalue weighted by Crippen LogP contribution is -2.03. The number of para-hydroxylation sites is 1. The van der Waals surface area contributed by atoms with Gasteiger partial charge in [0.2, 0.25) is 0 Å². The first-order valence-electron chi connectivity index (χ1n) is 3.97. The van der Waals surface area contributed by atoms with Gasteiger partial charge in [-0.1, -0.05) is 34.1 Å². The van der Waals surface area contributed by atoms with E-state index in [0.717, 1.165) is 17.6 Å². The molecule has 0 N–H and O–H groups in total. The van der Waals surface area contributed by atoms with Gasteiger partial charge in [-0.3, -0.25) is 0 Å². The van der Waals surface area contributed by atoms with Gasteiger partial charge in [-0.15, -0.1) is 0 Å². The number of methoxy groups -OCH3 is 1. The molecule has 1 aromatic rings. The first kappa shape index (κ1) is 10.3. The number of carbonyl (C=O) groups is 1. The normalized spacial score (nSPS) is 12.2. The van der Waals surface area contributed by atoms with E-state index < -0.39 is 0 Å². The van der Waals surface area contributed by atoms with Crippen LogP contribution in [0.15, 0.2) is 24.3 Å². The molecule has 3 heteroatoms. The Kier molecular flexibility index (Phi) is 3.96. The molecule has 1 unspecified atom stereocenters. The van der Waals surface area contributed by atoms with Crippen molar-refractivity contribution in [3.63, 3.8) is 0 Å². The lowest BCUT2D eigenvalue weighted by Gasteiger charge is -2.11. The van der Waals surface area contributed by atoms with Crippen LogP contribution in [0.1, 0.15) is 11.5 Å². The monoisotopic (exact) mass is 242 g/mol. The Morgan fingerprint density at radius 1 is 1.54 bits per heavy atom. The maximum Gasteiger partial charge on any atom is 0.128 e. The van der Waals surface area contributed by atoms with Crippen LogP contribution in [0.2, 0.25) is 0 Å². The van der Waals surface area contributed by atoms with E-state index in [9.17, 15) is 4.79 Å². The molecule has 13 heavy (non-hydrogen) atoms. The van der Waals surface area contributed by atoms with Gasteiger partial charge in [0.1, 0.15) is 12.0 Å². The van der Waals surface area contributed by atoms with Crippen molar-refractivity contribution in [2.24, 2.45) is 0 Å². The Hall–Kier alpha value is -0.830. The molecule has 0 aliphatic heterocycles. The third-order valence-corrected chi connectivity index (χ3v) is 2.57. The average molecular weight is 243 g/mol. The molecule has 0 saturated heterocycles. The van der Waals surface area contributed by atoms with Crippen molar-refractivity contribution in [3.8, 4) is 5.75 Å². The van der Waals surface area contributed by atoms with Crippen LogP contribution in [-0.2, 0) is 4.79 Å². The number of rotatable bonds is 4. The highest BCUT2D eigenvalue weighted by atomic mass is 79.9. The molecule has 0 bridgehead atoms. The Morgan fingerprint density at radius 3 is 2.77 bits per heavy atom. The van der Waals surface area contributed by atoms with Crippen LogP contribution in [0, 0.1) is 0 Å². The first-order chi connectivity index (χ1) is 6.33. The number of alkyl halides is 1. The van der Waals surface area contributed by atoms with Crippen LogP contribution in [-0.4, -0.2) is 18.7 Å². The lowest BCUT2D eigenvalue weighted by atomic mass is 10.0. The summed E-state index contributed by atoms with van der Waals surface area (Å²) in [7, 11) is 1.61. The summed E-state index contributed by atoms with van der Waals surface area (Å²) in [5, 5.41) is 0.622. The predicted molar refractivity (Wildman–Crippen MR) is 55.6 cm³/mol. The van der Waals surface area contributed by atoms with E-state index in [4.69, 9.17) is 4.74 Å². The molecular formula is C10H11BrO2. The van der Waals surface area contributed by atoms with Crippen molar-refractivity contribution in [3.05, 3.63) is 29.8 Å². The highest BCUT2D eigenvalue weighted by Gasteiger charge is 2.12. The lowest BCUT2D eigenvalue weighted by molar-refractivity contribution is -0.108. The molecular weight excluding hydrogens is 232 g/mol. The zero-order chi connectivity index (χ0) is 9.68. The minimum atomic E-state index is -0.129. The first-order valence-corrected chi connectivity index (χ1v) is 5.09. The molecule has 1 rings (SSSR count).